The zero-order valence-corrected chi connectivity index (χ0v) is 15.7. The summed E-state index contributed by atoms with van der Waals surface area (Å²) < 4.78 is 27.7. The maximum absolute atomic E-state index is 12.5. The van der Waals surface area contributed by atoms with Crippen LogP contribution in [0.5, 0.6) is 0 Å². The summed E-state index contributed by atoms with van der Waals surface area (Å²) >= 11 is 0. The molecule has 0 fully saturated rings. The topological polar surface area (TPSA) is 58.2 Å². The first-order valence-corrected chi connectivity index (χ1v) is 9.90. The van der Waals surface area contributed by atoms with Crippen molar-refractivity contribution in [3.63, 3.8) is 0 Å². The third kappa shape index (κ3) is 4.43. The van der Waals surface area contributed by atoms with Gasteiger partial charge in [0.25, 0.3) is 10.0 Å². The van der Waals surface area contributed by atoms with Crippen LogP contribution in [-0.4, -0.2) is 8.42 Å². The molecule has 3 rings (SSSR count). The third-order valence-electron chi connectivity index (χ3n) is 4.14. The maximum Gasteiger partial charge on any atom is 0.262 e. The van der Waals surface area contributed by atoms with Crippen LogP contribution in [0.4, 0.5) is 11.4 Å². The van der Waals surface area contributed by atoms with Gasteiger partial charge in [0.15, 0.2) is 0 Å². The molecular formula is C21H22N2O2S. The summed E-state index contributed by atoms with van der Waals surface area (Å²) in [4.78, 5) is 0.293. The van der Waals surface area contributed by atoms with Crippen LogP contribution in [0.3, 0.4) is 0 Å². The first kappa shape index (κ1) is 18.0. The molecule has 0 aliphatic heterocycles. The molecule has 0 aliphatic rings. The van der Waals surface area contributed by atoms with Gasteiger partial charge in [0.2, 0.25) is 0 Å². The smallest absolute Gasteiger partial charge is 0.262 e. The first-order valence-electron chi connectivity index (χ1n) is 8.42. The fourth-order valence-corrected chi connectivity index (χ4v) is 3.94. The average molecular weight is 366 g/mol. The van der Waals surface area contributed by atoms with Gasteiger partial charge in [-0.3, -0.25) is 4.72 Å². The average Bonchev–Trinajstić information content (AvgIpc) is 2.62. The summed E-state index contributed by atoms with van der Waals surface area (Å²) in [5.74, 6) is 0. The van der Waals surface area contributed by atoms with Crippen LogP contribution in [-0.2, 0) is 16.6 Å². The summed E-state index contributed by atoms with van der Waals surface area (Å²) in [6.45, 7) is 4.56. The van der Waals surface area contributed by atoms with E-state index in [-0.39, 0.29) is 0 Å². The maximum atomic E-state index is 12.5. The van der Waals surface area contributed by atoms with Gasteiger partial charge in [-0.25, -0.2) is 8.42 Å². The van der Waals surface area contributed by atoms with Crippen molar-refractivity contribution in [1.82, 2.24) is 0 Å². The van der Waals surface area contributed by atoms with Crippen LogP contribution in [0.2, 0.25) is 0 Å². The minimum atomic E-state index is -3.59. The van der Waals surface area contributed by atoms with Crippen molar-refractivity contribution in [3.05, 3.63) is 89.5 Å². The predicted octanol–water partition coefficient (Wildman–Crippen LogP) is 4.72. The summed E-state index contributed by atoms with van der Waals surface area (Å²) in [6.07, 6.45) is 0. The largest absolute Gasteiger partial charge is 0.381 e. The van der Waals surface area contributed by atoms with Crippen LogP contribution in [0.1, 0.15) is 16.7 Å². The minimum Gasteiger partial charge on any atom is -0.381 e. The molecule has 0 saturated heterocycles. The van der Waals surface area contributed by atoms with Crippen molar-refractivity contribution >= 4 is 21.4 Å². The molecular weight excluding hydrogens is 344 g/mol. The van der Waals surface area contributed by atoms with Crippen molar-refractivity contribution in [2.45, 2.75) is 25.3 Å². The highest BCUT2D eigenvalue weighted by atomic mass is 32.2. The number of aryl methyl sites for hydroxylation is 2. The molecule has 0 unspecified atom stereocenters. The quantitative estimate of drug-likeness (QED) is 0.664. The molecule has 0 radical (unpaired) electrons. The molecule has 0 bridgehead atoms. The Labute approximate surface area is 155 Å². The molecule has 0 saturated carbocycles. The number of hydrogen-bond donors (Lipinski definition) is 2. The van der Waals surface area contributed by atoms with Crippen LogP contribution in [0.25, 0.3) is 0 Å². The monoisotopic (exact) mass is 366 g/mol. The van der Waals surface area contributed by atoms with E-state index in [0.717, 1.165) is 11.3 Å². The van der Waals surface area contributed by atoms with Crippen LogP contribution in [0.15, 0.2) is 77.7 Å². The van der Waals surface area contributed by atoms with Gasteiger partial charge in [0.1, 0.15) is 0 Å². The molecule has 2 N–H and O–H groups in total. The van der Waals surface area contributed by atoms with E-state index in [4.69, 9.17) is 0 Å². The lowest BCUT2D eigenvalue weighted by atomic mass is 10.1. The molecule has 0 spiro atoms. The fourth-order valence-electron chi connectivity index (χ4n) is 2.63. The van der Waals surface area contributed by atoms with E-state index in [2.05, 4.69) is 41.2 Å². The number of hydrogen-bond acceptors (Lipinski definition) is 3. The Balaban J connectivity index is 1.66. The summed E-state index contributed by atoms with van der Waals surface area (Å²) in [6, 6.07) is 22.5. The molecule has 0 amide bonds. The van der Waals surface area contributed by atoms with Crippen LogP contribution >= 0.6 is 0 Å². The second-order valence-electron chi connectivity index (χ2n) is 6.29. The van der Waals surface area contributed by atoms with Gasteiger partial charge in [-0.15, -0.1) is 0 Å². The van der Waals surface area contributed by atoms with Crippen molar-refractivity contribution in [1.29, 1.82) is 0 Å². The van der Waals surface area contributed by atoms with Crippen LogP contribution < -0.4 is 10.0 Å². The lowest BCUT2D eigenvalue weighted by molar-refractivity contribution is 0.600. The molecule has 3 aromatic rings. The number of nitrogens with one attached hydrogen (secondary N) is 2. The van der Waals surface area contributed by atoms with Crippen molar-refractivity contribution in [3.8, 4) is 0 Å². The SMILES string of the molecule is Cc1ccc(CNc2ccc(NS(=O)(=O)c3ccccc3C)cc2)cc1. The van der Waals surface area contributed by atoms with E-state index in [1.807, 2.05) is 18.2 Å². The molecule has 5 heteroatoms. The highest BCUT2D eigenvalue weighted by Gasteiger charge is 2.16. The van der Waals surface area contributed by atoms with Gasteiger partial charge in [0, 0.05) is 17.9 Å². The lowest BCUT2D eigenvalue weighted by Gasteiger charge is -2.11. The Morgan fingerprint density at radius 1 is 0.769 bits per heavy atom. The predicted molar refractivity (Wildman–Crippen MR) is 107 cm³/mol. The van der Waals surface area contributed by atoms with Gasteiger partial charge in [-0.1, -0.05) is 48.0 Å². The highest BCUT2D eigenvalue weighted by molar-refractivity contribution is 7.92. The van der Waals surface area contributed by atoms with E-state index in [1.165, 1.54) is 11.1 Å². The Bertz CT molecular complexity index is 979. The number of anilines is 2. The zero-order valence-electron chi connectivity index (χ0n) is 14.9. The number of benzene rings is 3. The standard InChI is InChI=1S/C21H22N2O2S/c1-16-7-9-18(10-8-16)15-22-19-11-13-20(14-12-19)23-26(24,25)21-6-4-3-5-17(21)2/h3-14,22-23H,15H2,1-2H3. The van der Waals surface area contributed by atoms with Gasteiger partial charge >= 0.3 is 0 Å². The first-order chi connectivity index (χ1) is 12.4. The molecule has 0 heterocycles. The normalized spacial score (nSPS) is 11.2. The molecule has 134 valence electrons. The van der Waals surface area contributed by atoms with Gasteiger partial charge in [-0.2, -0.15) is 0 Å². The fraction of sp³-hybridized carbons (Fsp3) is 0.143. The number of sulfonamides is 1. The molecule has 3 aromatic carbocycles. The lowest BCUT2D eigenvalue weighted by Crippen LogP contribution is -2.14. The zero-order chi connectivity index (χ0) is 18.6. The van der Waals surface area contributed by atoms with Crippen LogP contribution in [0, 0.1) is 13.8 Å². The Kier molecular flexibility index (Phi) is 5.28. The van der Waals surface area contributed by atoms with E-state index >= 15 is 0 Å². The van der Waals surface area contributed by atoms with Crippen molar-refractivity contribution < 1.29 is 8.42 Å². The second kappa shape index (κ2) is 7.62. The molecule has 26 heavy (non-hydrogen) atoms. The second-order valence-corrected chi connectivity index (χ2v) is 7.94. The van der Waals surface area contributed by atoms with E-state index in [1.54, 1.807) is 37.3 Å². The Morgan fingerprint density at radius 2 is 1.38 bits per heavy atom. The molecule has 4 nitrogen and oxygen atoms in total. The molecule has 0 aliphatic carbocycles. The van der Waals surface area contributed by atoms with Gasteiger partial charge in [0.05, 0.1) is 4.90 Å². The van der Waals surface area contributed by atoms with Crippen molar-refractivity contribution in [2.75, 3.05) is 10.0 Å². The third-order valence-corrected chi connectivity index (χ3v) is 5.68. The van der Waals surface area contributed by atoms with Gasteiger partial charge in [-0.05, 0) is 55.3 Å². The molecule has 0 atom stereocenters. The van der Waals surface area contributed by atoms with E-state index in [9.17, 15) is 8.42 Å². The van der Waals surface area contributed by atoms with E-state index in [0.29, 0.717) is 17.1 Å². The summed E-state index contributed by atoms with van der Waals surface area (Å²) in [5.41, 5.74) is 4.62. The number of rotatable bonds is 6. The van der Waals surface area contributed by atoms with Crippen molar-refractivity contribution in [2.24, 2.45) is 0 Å². The van der Waals surface area contributed by atoms with E-state index < -0.39 is 10.0 Å². The highest BCUT2D eigenvalue weighted by Crippen LogP contribution is 2.21. The van der Waals surface area contributed by atoms with Gasteiger partial charge < -0.3 is 5.32 Å². The summed E-state index contributed by atoms with van der Waals surface area (Å²) in [5, 5.41) is 3.33. The molecule has 0 aromatic heterocycles. The Morgan fingerprint density at radius 3 is 2.04 bits per heavy atom. The Hall–Kier alpha value is -2.79. The minimum absolute atomic E-state index is 0.293. The summed E-state index contributed by atoms with van der Waals surface area (Å²) in [7, 11) is -3.59.